The molecular formula is C12H22N4O. The van der Waals surface area contributed by atoms with Gasteiger partial charge in [-0.3, -0.25) is 4.68 Å². The smallest absolute Gasteiger partial charge is 0.0993 e. The zero-order valence-electron chi connectivity index (χ0n) is 10.5. The van der Waals surface area contributed by atoms with Gasteiger partial charge >= 0.3 is 0 Å². The molecule has 0 radical (unpaired) electrons. The van der Waals surface area contributed by atoms with Gasteiger partial charge in [-0.25, -0.2) is 0 Å². The fourth-order valence-electron chi connectivity index (χ4n) is 2.15. The second kappa shape index (κ2) is 6.12. The Balaban J connectivity index is 1.73. The van der Waals surface area contributed by atoms with Crippen LogP contribution in [-0.4, -0.2) is 27.7 Å². The summed E-state index contributed by atoms with van der Waals surface area (Å²) in [5.41, 5.74) is 6.79. The second-order valence-corrected chi connectivity index (χ2v) is 4.70. The zero-order valence-corrected chi connectivity index (χ0v) is 10.5. The molecule has 2 unspecified atom stereocenters. The molecule has 0 bridgehead atoms. The molecule has 1 aromatic rings. The third-order valence-corrected chi connectivity index (χ3v) is 3.31. The third-order valence-electron chi connectivity index (χ3n) is 3.31. The molecule has 0 spiro atoms. The Bertz CT molecular complexity index is 333. The van der Waals surface area contributed by atoms with Gasteiger partial charge in [-0.15, -0.1) is 5.10 Å². The summed E-state index contributed by atoms with van der Waals surface area (Å²) in [6.45, 7) is 3.90. The molecule has 5 heteroatoms. The molecule has 1 aliphatic heterocycles. The van der Waals surface area contributed by atoms with E-state index in [2.05, 4.69) is 17.2 Å². The quantitative estimate of drug-likeness (QED) is 0.818. The fourth-order valence-corrected chi connectivity index (χ4v) is 2.15. The lowest BCUT2D eigenvalue weighted by Crippen LogP contribution is -2.09. The van der Waals surface area contributed by atoms with Crippen molar-refractivity contribution < 1.29 is 4.74 Å². The van der Waals surface area contributed by atoms with E-state index >= 15 is 0 Å². The summed E-state index contributed by atoms with van der Waals surface area (Å²) in [5, 5.41) is 8.19. The summed E-state index contributed by atoms with van der Waals surface area (Å²) in [7, 11) is 0. The molecule has 5 nitrogen and oxygen atoms in total. The lowest BCUT2D eigenvalue weighted by Gasteiger charge is -2.08. The first-order chi connectivity index (χ1) is 8.29. The van der Waals surface area contributed by atoms with Crippen LogP contribution in [0.25, 0.3) is 0 Å². The van der Waals surface area contributed by atoms with Gasteiger partial charge in [0.25, 0.3) is 0 Å². The predicted octanol–water partition coefficient (Wildman–Crippen LogP) is 1.65. The summed E-state index contributed by atoms with van der Waals surface area (Å²) < 4.78 is 7.48. The number of rotatable bonds is 6. The Kier molecular flexibility index (Phi) is 4.50. The van der Waals surface area contributed by atoms with Crippen molar-refractivity contribution in [3.8, 4) is 0 Å². The second-order valence-electron chi connectivity index (χ2n) is 4.70. The topological polar surface area (TPSA) is 66.0 Å². The Hall–Kier alpha value is -0.940. The maximum Gasteiger partial charge on any atom is 0.0993 e. The van der Waals surface area contributed by atoms with Crippen LogP contribution in [0.2, 0.25) is 0 Å². The molecule has 1 aromatic heterocycles. The molecule has 1 fully saturated rings. The average molecular weight is 238 g/mol. The van der Waals surface area contributed by atoms with E-state index in [-0.39, 0.29) is 6.04 Å². The van der Waals surface area contributed by atoms with E-state index in [1.165, 1.54) is 12.8 Å². The van der Waals surface area contributed by atoms with Crippen molar-refractivity contribution >= 4 is 0 Å². The zero-order chi connectivity index (χ0) is 12.1. The number of aryl methyl sites for hydroxylation is 1. The van der Waals surface area contributed by atoms with Crippen molar-refractivity contribution in [2.75, 3.05) is 6.61 Å². The van der Waals surface area contributed by atoms with Crippen molar-refractivity contribution in [2.45, 2.75) is 57.7 Å². The molecule has 2 N–H and O–H groups in total. The normalized spacial score (nSPS) is 21.9. The molecule has 1 saturated heterocycles. The Morgan fingerprint density at radius 1 is 1.65 bits per heavy atom. The monoisotopic (exact) mass is 238 g/mol. The highest BCUT2D eigenvalue weighted by Crippen LogP contribution is 2.17. The number of nitrogens with zero attached hydrogens (tertiary/aromatic N) is 3. The summed E-state index contributed by atoms with van der Waals surface area (Å²) in [6, 6.07) is 0.0157. The maximum absolute atomic E-state index is 5.90. The van der Waals surface area contributed by atoms with Gasteiger partial charge in [0.1, 0.15) is 0 Å². The molecule has 2 heterocycles. The minimum Gasteiger partial charge on any atom is -0.378 e. The van der Waals surface area contributed by atoms with Crippen molar-refractivity contribution in [1.82, 2.24) is 15.0 Å². The lowest BCUT2D eigenvalue weighted by molar-refractivity contribution is 0.101. The van der Waals surface area contributed by atoms with Gasteiger partial charge in [0.2, 0.25) is 0 Å². The molecule has 0 amide bonds. The van der Waals surface area contributed by atoms with Crippen LogP contribution in [0.15, 0.2) is 6.20 Å². The molecule has 0 aliphatic carbocycles. The van der Waals surface area contributed by atoms with Gasteiger partial charge in [0.15, 0.2) is 0 Å². The summed E-state index contributed by atoms with van der Waals surface area (Å²) >= 11 is 0. The van der Waals surface area contributed by atoms with Gasteiger partial charge in [-0.1, -0.05) is 12.1 Å². The van der Waals surface area contributed by atoms with E-state index in [1.807, 2.05) is 10.9 Å². The van der Waals surface area contributed by atoms with Crippen molar-refractivity contribution in [3.05, 3.63) is 11.9 Å². The first-order valence-corrected chi connectivity index (χ1v) is 6.56. The number of hydrogen-bond donors (Lipinski definition) is 1. The first-order valence-electron chi connectivity index (χ1n) is 6.56. The summed E-state index contributed by atoms with van der Waals surface area (Å²) in [4.78, 5) is 0. The highest BCUT2D eigenvalue weighted by Gasteiger charge is 2.15. The van der Waals surface area contributed by atoms with E-state index in [9.17, 15) is 0 Å². The van der Waals surface area contributed by atoms with Crippen LogP contribution in [0.4, 0.5) is 0 Å². The maximum atomic E-state index is 5.90. The number of nitrogens with two attached hydrogens (primary N) is 1. The van der Waals surface area contributed by atoms with Crippen molar-refractivity contribution in [2.24, 2.45) is 5.73 Å². The molecular weight excluding hydrogens is 216 g/mol. The van der Waals surface area contributed by atoms with Gasteiger partial charge in [-0.2, -0.15) is 0 Å². The summed E-state index contributed by atoms with van der Waals surface area (Å²) in [5.74, 6) is 0. The van der Waals surface area contributed by atoms with Crippen LogP contribution in [-0.2, 0) is 11.3 Å². The fraction of sp³-hybridized carbons (Fsp3) is 0.833. The highest BCUT2D eigenvalue weighted by atomic mass is 16.5. The van der Waals surface area contributed by atoms with Crippen LogP contribution >= 0.6 is 0 Å². The van der Waals surface area contributed by atoms with Crippen LogP contribution < -0.4 is 5.73 Å². The van der Waals surface area contributed by atoms with Gasteiger partial charge in [0.05, 0.1) is 24.0 Å². The van der Waals surface area contributed by atoms with Crippen LogP contribution in [0.3, 0.4) is 0 Å². The molecule has 1 aliphatic rings. The van der Waals surface area contributed by atoms with Crippen LogP contribution in [0, 0.1) is 0 Å². The summed E-state index contributed by atoms with van der Waals surface area (Å²) in [6.07, 6.45) is 7.96. The average Bonchev–Trinajstić information content (AvgIpc) is 2.99. The number of hydrogen-bond acceptors (Lipinski definition) is 4. The van der Waals surface area contributed by atoms with Crippen molar-refractivity contribution in [3.63, 3.8) is 0 Å². The molecule has 0 aromatic carbocycles. The standard InChI is InChI=1S/C12H22N4O/c1-2-11(13)12-9-16(15-14-12)7-3-5-10-6-4-8-17-10/h9-11H,2-8,13H2,1H3. The Labute approximate surface area is 102 Å². The third kappa shape index (κ3) is 3.51. The van der Waals surface area contributed by atoms with Gasteiger partial charge in [0, 0.05) is 13.2 Å². The Morgan fingerprint density at radius 3 is 3.24 bits per heavy atom. The van der Waals surface area contributed by atoms with Crippen molar-refractivity contribution in [1.29, 1.82) is 0 Å². The molecule has 96 valence electrons. The molecule has 17 heavy (non-hydrogen) atoms. The van der Waals surface area contributed by atoms with Gasteiger partial charge < -0.3 is 10.5 Å². The van der Waals surface area contributed by atoms with E-state index in [0.717, 1.165) is 38.1 Å². The van der Waals surface area contributed by atoms with Gasteiger partial charge in [-0.05, 0) is 32.1 Å². The molecule has 2 rings (SSSR count). The highest BCUT2D eigenvalue weighted by molar-refractivity contribution is 4.98. The first kappa shape index (κ1) is 12.5. The minimum atomic E-state index is 0.0157. The van der Waals surface area contributed by atoms with Crippen LogP contribution in [0.1, 0.15) is 50.8 Å². The van der Waals surface area contributed by atoms with E-state index < -0.39 is 0 Å². The minimum absolute atomic E-state index is 0.0157. The lowest BCUT2D eigenvalue weighted by atomic mass is 10.1. The largest absolute Gasteiger partial charge is 0.378 e. The van der Waals surface area contributed by atoms with E-state index in [0.29, 0.717) is 6.10 Å². The van der Waals surface area contributed by atoms with E-state index in [4.69, 9.17) is 10.5 Å². The number of aromatic nitrogens is 3. The Morgan fingerprint density at radius 2 is 2.53 bits per heavy atom. The molecule has 0 saturated carbocycles. The molecule has 2 atom stereocenters. The predicted molar refractivity (Wildman–Crippen MR) is 65.4 cm³/mol. The SMILES string of the molecule is CCC(N)c1cn(CCCC2CCCO2)nn1. The van der Waals surface area contributed by atoms with E-state index in [1.54, 1.807) is 0 Å². The van der Waals surface area contributed by atoms with Crippen LogP contribution in [0.5, 0.6) is 0 Å². The number of ether oxygens (including phenoxy) is 1.